The number of nitrogens with one attached hydrogen (secondary N) is 2. The highest BCUT2D eigenvalue weighted by Crippen LogP contribution is 2.08. The molecule has 1 heterocycles. The van der Waals surface area contributed by atoms with E-state index in [-0.39, 0.29) is 12.0 Å². The second kappa shape index (κ2) is 8.66. The quantitative estimate of drug-likeness (QED) is 0.659. The maximum Gasteiger partial charge on any atom is 0.337 e. The van der Waals surface area contributed by atoms with Gasteiger partial charge in [0.15, 0.2) is 0 Å². The van der Waals surface area contributed by atoms with Crippen molar-refractivity contribution in [2.75, 3.05) is 7.11 Å². The molecule has 7 heteroatoms. The summed E-state index contributed by atoms with van der Waals surface area (Å²) in [5.74, 6) is -0.386. The van der Waals surface area contributed by atoms with E-state index in [9.17, 15) is 9.59 Å². The van der Waals surface area contributed by atoms with Gasteiger partial charge in [-0.2, -0.15) is 5.10 Å². The molecule has 0 aliphatic rings. The van der Waals surface area contributed by atoms with Crippen LogP contribution in [0.1, 0.15) is 21.5 Å². The summed E-state index contributed by atoms with van der Waals surface area (Å²) in [5, 5.41) is 9.87. The Morgan fingerprint density at radius 2 is 1.63 bits per heavy atom. The van der Waals surface area contributed by atoms with Crippen LogP contribution in [0.5, 0.6) is 0 Å². The Labute approximate surface area is 157 Å². The van der Waals surface area contributed by atoms with Crippen molar-refractivity contribution in [1.82, 2.24) is 20.4 Å². The van der Waals surface area contributed by atoms with Crippen molar-refractivity contribution >= 4 is 12.0 Å². The molecule has 2 N–H and O–H groups in total. The number of carbonyl (C=O) groups excluding carboxylic acids is 2. The molecule has 2 amide bonds. The molecule has 0 radical (unpaired) electrons. The second-order valence-electron chi connectivity index (χ2n) is 5.85. The van der Waals surface area contributed by atoms with Gasteiger partial charge in [0.1, 0.15) is 0 Å². The van der Waals surface area contributed by atoms with E-state index in [0.29, 0.717) is 18.7 Å². The Morgan fingerprint density at radius 3 is 2.30 bits per heavy atom. The molecule has 0 unspecified atom stereocenters. The van der Waals surface area contributed by atoms with Gasteiger partial charge in [-0.3, -0.25) is 0 Å². The third-order valence-corrected chi connectivity index (χ3v) is 3.94. The topological polar surface area (TPSA) is 85.2 Å². The van der Waals surface area contributed by atoms with Crippen molar-refractivity contribution in [2.45, 2.75) is 13.1 Å². The molecule has 2 aromatic carbocycles. The number of para-hydroxylation sites is 1. The number of urea groups is 1. The molecule has 0 saturated heterocycles. The van der Waals surface area contributed by atoms with Gasteiger partial charge in [0.25, 0.3) is 0 Å². The van der Waals surface area contributed by atoms with Crippen LogP contribution in [0, 0.1) is 0 Å². The minimum Gasteiger partial charge on any atom is -0.465 e. The minimum atomic E-state index is -0.386. The lowest BCUT2D eigenvalue weighted by Crippen LogP contribution is -2.34. The molecule has 1 aromatic heterocycles. The van der Waals surface area contributed by atoms with Crippen molar-refractivity contribution < 1.29 is 14.3 Å². The molecule has 0 saturated carbocycles. The summed E-state index contributed by atoms with van der Waals surface area (Å²) in [4.78, 5) is 23.4. The fourth-order valence-corrected chi connectivity index (χ4v) is 2.48. The molecular weight excluding hydrogens is 344 g/mol. The molecule has 3 aromatic rings. The molecule has 3 rings (SSSR count). The van der Waals surface area contributed by atoms with E-state index in [4.69, 9.17) is 0 Å². The molecule has 138 valence electrons. The highest BCUT2D eigenvalue weighted by atomic mass is 16.5. The Bertz CT molecular complexity index is 904. The normalized spacial score (nSPS) is 10.3. The first kappa shape index (κ1) is 18.2. The van der Waals surface area contributed by atoms with Crippen molar-refractivity contribution in [2.24, 2.45) is 0 Å². The predicted octanol–water partition coefficient (Wildman–Crippen LogP) is 2.66. The van der Waals surface area contributed by atoms with Gasteiger partial charge in [-0.25, -0.2) is 14.3 Å². The maximum atomic E-state index is 12.0. The third kappa shape index (κ3) is 4.94. The average Bonchev–Trinajstić information content (AvgIpc) is 3.20. The fourth-order valence-electron chi connectivity index (χ4n) is 2.48. The number of aromatic nitrogens is 2. The summed E-state index contributed by atoms with van der Waals surface area (Å²) < 4.78 is 6.41. The molecular formula is C20H20N4O3. The number of carbonyl (C=O) groups is 2. The number of hydrogen-bond donors (Lipinski definition) is 2. The second-order valence-corrected chi connectivity index (χ2v) is 5.85. The fraction of sp³-hybridized carbons (Fsp3) is 0.150. The van der Waals surface area contributed by atoms with Gasteiger partial charge in [-0.15, -0.1) is 0 Å². The molecule has 0 bridgehead atoms. The van der Waals surface area contributed by atoms with Crippen molar-refractivity contribution in [3.05, 3.63) is 83.7 Å². The zero-order valence-corrected chi connectivity index (χ0v) is 14.9. The Morgan fingerprint density at radius 1 is 0.963 bits per heavy atom. The number of amides is 2. The summed E-state index contributed by atoms with van der Waals surface area (Å²) in [6, 6.07) is 16.4. The van der Waals surface area contributed by atoms with E-state index in [1.807, 2.05) is 36.5 Å². The van der Waals surface area contributed by atoms with Crippen LogP contribution in [0.2, 0.25) is 0 Å². The van der Waals surface area contributed by atoms with Crippen LogP contribution in [0.25, 0.3) is 5.69 Å². The Hall–Kier alpha value is -3.61. The summed E-state index contributed by atoms with van der Waals surface area (Å²) in [6.45, 7) is 0.733. The van der Waals surface area contributed by atoms with Crippen LogP contribution >= 0.6 is 0 Å². The highest BCUT2D eigenvalue weighted by Gasteiger charge is 2.06. The zero-order chi connectivity index (χ0) is 19.1. The summed E-state index contributed by atoms with van der Waals surface area (Å²) >= 11 is 0. The summed E-state index contributed by atoms with van der Waals surface area (Å²) in [7, 11) is 1.34. The van der Waals surface area contributed by atoms with Gasteiger partial charge < -0.3 is 15.4 Å². The van der Waals surface area contributed by atoms with Gasteiger partial charge in [0, 0.05) is 24.8 Å². The van der Waals surface area contributed by atoms with E-state index in [1.54, 1.807) is 35.1 Å². The van der Waals surface area contributed by atoms with Gasteiger partial charge in [-0.1, -0.05) is 30.3 Å². The van der Waals surface area contributed by atoms with Gasteiger partial charge in [0.2, 0.25) is 0 Å². The first-order valence-corrected chi connectivity index (χ1v) is 8.43. The number of hydrogen-bond acceptors (Lipinski definition) is 4. The first-order chi connectivity index (χ1) is 13.2. The average molecular weight is 364 g/mol. The van der Waals surface area contributed by atoms with E-state index >= 15 is 0 Å². The van der Waals surface area contributed by atoms with E-state index in [0.717, 1.165) is 16.8 Å². The summed E-state index contributed by atoms with van der Waals surface area (Å²) in [5.41, 5.74) is 3.22. The molecule has 0 atom stereocenters. The van der Waals surface area contributed by atoms with Crippen molar-refractivity contribution in [3.63, 3.8) is 0 Å². The lowest BCUT2D eigenvalue weighted by Gasteiger charge is -2.07. The number of benzene rings is 2. The largest absolute Gasteiger partial charge is 0.465 e. The molecule has 0 fully saturated rings. The third-order valence-electron chi connectivity index (χ3n) is 3.94. The smallest absolute Gasteiger partial charge is 0.337 e. The van der Waals surface area contributed by atoms with Gasteiger partial charge >= 0.3 is 12.0 Å². The molecule has 0 spiro atoms. The van der Waals surface area contributed by atoms with E-state index in [2.05, 4.69) is 20.5 Å². The van der Waals surface area contributed by atoms with Crippen molar-refractivity contribution in [1.29, 1.82) is 0 Å². The Kier molecular flexibility index (Phi) is 5.84. The molecule has 7 nitrogen and oxygen atoms in total. The van der Waals surface area contributed by atoms with Crippen LogP contribution in [-0.2, 0) is 17.8 Å². The molecule has 0 aliphatic heterocycles. The lowest BCUT2D eigenvalue weighted by atomic mass is 10.1. The number of rotatable bonds is 6. The standard InChI is InChI=1S/C20H20N4O3/c1-27-19(25)17-9-7-15(8-10-17)11-21-20(26)22-12-16-13-23-24(14-16)18-5-3-2-4-6-18/h2-10,13-14H,11-12H2,1H3,(H2,21,22,26). The van der Waals surface area contributed by atoms with Crippen molar-refractivity contribution in [3.8, 4) is 5.69 Å². The van der Waals surface area contributed by atoms with Crippen LogP contribution in [0.15, 0.2) is 67.0 Å². The maximum absolute atomic E-state index is 12.0. The minimum absolute atomic E-state index is 0.278. The van der Waals surface area contributed by atoms with Crippen LogP contribution in [-0.4, -0.2) is 28.9 Å². The van der Waals surface area contributed by atoms with Gasteiger partial charge in [-0.05, 0) is 29.8 Å². The number of ether oxygens (including phenoxy) is 1. The summed E-state index contributed by atoms with van der Waals surface area (Å²) in [6.07, 6.45) is 3.60. The molecule has 27 heavy (non-hydrogen) atoms. The van der Waals surface area contributed by atoms with E-state index < -0.39 is 0 Å². The first-order valence-electron chi connectivity index (χ1n) is 8.43. The lowest BCUT2D eigenvalue weighted by molar-refractivity contribution is 0.0600. The number of methoxy groups -OCH3 is 1. The Balaban J connectivity index is 1.46. The van der Waals surface area contributed by atoms with E-state index in [1.165, 1.54) is 7.11 Å². The number of esters is 1. The monoisotopic (exact) mass is 364 g/mol. The van der Waals surface area contributed by atoms with Crippen LogP contribution < -0.4 is 10.6 Å². The zero-order valence-electron chi connectivity index (χ0n) is 14.9. The SMILES string of the molecule is COC(=O)c1ccc(CNC(=O)NCc2cnn(-c3ccccc3)c2)cc1. The van der Waals surface area contributed by atoms with Crippen LogP contribution in [0.3, 0.4) is 0 Å². The highest BCUT2D eigenvalue weighted by molar-refractivity contribution is 5.89. The van der Waals surface area contributed by atoms with Gasteiger partial charge in [0.05, 0.1) is 24.6 Å². The molecule has 0 aliphatic carbocycles. The predicted molar refractivity (Wildman–Crippen MR) is 100 cm³/mol. The number of nitrogens with zero attached hydrogens (tertiary/aromatic N) is 2. The van der Waals surface area contributed by atoms with Crippen LogP contribution in [0.4, 0.5) is 4.79 Å².